The molecule has 0 aromatic carbocycles. The van der Waals surface area contributed by atoms with Gasteiger partial charge in [0.05, 0.1) is 12.1 Å². The molecular formula is C9H14FNO. The quantitative estimate of drug-likeness (QED) is 0.588. The second kappa shape index (κ2) is 2.54. The molecule has 2 atom stereocenters. The number of halogens is 1. The molecule has 2 fully saturated rings. The van der Waals surface area contributed by atoms with Gasteiger partial charge >= 0.3 is 0 Å². The summed E-state index contributed by atoms with van der Waals surface area (Å²) in [7, 11) is 0. The van der Waals surface area contributed by atoms with Gasteiger partial charge in [-0.1, -0.05) is 12.2 Å². The zero-order valence-electron chi connectivity index (χ0n) is 7.09. The van der Waals surface area contributed by atoms with Crippen LogP contribution in [0.15, 0.2) is 12.2 Å². The highest BCUT2D eigenvalue weighted by Crippen LogP contribution is 2.42. The summed E-state index contributed by atoms with van der Waals surface area (Å²) in [5, 5.41) is 9.25. The first kappa shape index (κ1) is 8.20. The Morgan fingerprint density at radius 3 is 3.08 bits per heavy atom. The number of rotatable bonds is 1. The Balaban J connectivity index is 2.28. The minimum atomic E-state index is -0.783. The number of fused-ring (bicyclic) bond motifs is 1. The third-order valence-electron chi connectivity index (χ3n) is 3.19. The van der Waals surface area contributed by atoms with Crippen molar-refractivity contribution in [3.63, 3.8) is 0 Å². The van der Waals surface area contributed by atoms with Crippen LogP contribution in [0.25, 0.3) is 0 Å². The maximum absolute atomic E-state index is 13.1. The van der Waals surface area contributed by atoms with E-state index in [1.54, 1.807) is 0 Å². The monoisotopic (exact) mass is 171 g/mol. The van der Waals surface area contributed by atoms with Crippen LogP contribution in [0.1, 0.15) is 12.8 Å². The lowest BCUT2D eigenvalue weighted by Gasteiger charge is -2.30. The van der Waals surface area contributed by atoms with Gasteiger partial charge in [-0.15, -0.1) is 0 Å². The molecule has 0 bridgehead atoms. The van der Waals surface area contributed by atoms with E-state index in [9.17, 15) is 9.50 Å². The molecule has 3 heteroatoms. The highest BCUT2D eigenvalue weighted by molar-refractivity contribution is 5.26. The summed E-state index contributed by atoms with van der Waals surface area (Å²) in [6, 6.07) is 0. The Bertz CT molecular complexity index is 219. The molecule has 0 aliphatic carbocycles. The Labute approximate surface area is 71.7 Å². The molecule has 0 radical (unpaired) electrons. The Morgan fingerprint density at radius 1 is 1.75 bits per heavy atom. The van der Waals surface area contributed by atoms with E-state index in [1.807, 2.05) is 4.90 Å². The minimum absolute atomic E-state index is 0.0201. The minimum Gasteiger partial charge on any atom is -0.394 e. The van der Waals surface area contributed by atoms with Crippen molar-refractivity contribution in [1.82, 2.24) is 4.90 Å². The summed E-state index contributed by atoms with van der Waals surface area (Å²) < 4.78 is 13.1. The van der Waals surface area contributed by atoms with Gasteiger partial charge in [-0.2, -0.15) is 0 Å². The topological polar surface area (TPSA) is 23.5 Å². The van der Waals surface area contributed by atoms with Crippen molar-refractivity contribution in [2.75, 3.05) is 19.7 Å². The van der Waals surface area contributed by atoms with E-state index in [0.717, 1.165) is 18.5 Å². The molecule has 0 spiro atoms. The summed E-state index contributed by atoms with van der Waals surface area (Å²) in [5.74, 6) is 0. The summed E-state index contributed by atoms with van der Waals surface area (Å²) in [6.45, 7) is 5.26. The molecule has 2 nitrogen and oxygen atoms in total. The van der Waals surface area contributed by atoms with E-state index in [-0.39, 0.29) is 6.61 Å². The van der Waals surface area contributed by atoms with Crippen molar-refractivity contribution < 1.29 is 9.50 Å². The molecule has 12 heavy (non-hydrogen) atoms. The zero-order valence-corrected chi connectivity index (χ0v) is 7.09. The first-order valence-electron chi connectivity index (χ1n) is 4.37. The summed E-state index contributed by atoms with van der Waals surface area (Å²) in [5.41, 5.74) is 0.601. The fourth-order valence-corrected chi connectivity index (χ4v) is 2.43. The lowest BCUT2D eigenvalue weighted by molar-refractivity contribution is 0.123. The van der Waals surface area contributed by atoms with E-state index < -0.39 is 11.7 Å². The molecule has 0 aromatic heterocycles. The van der Waals surface area contributed by atoms with E-state index in [0.29, 0.717) is 13.0 Å². The van der Waals surface area contributed by atoms with Crippen LogP contribution in [-0.2, 0) is 0 Å². The second-order valence-electron chi connectivity index (χ2n) is 3.79. The predicted octanol–water partition coefficient (Wildman–Crippen LogP) is 0.721. The highest BCUT2D eigenvalue weighted by Gasteiger charge is 2.50. The molecule has 2 aliphatic heterocycles. The van der Waals surface area contributed by atoms with Crippen LogP contribution < -0.4 is 0 Å². The van der Waals surface area contributed by atoms with Gasteiger partial charge in [0.25, 0.3) is 0 Å². The van der Waals surface area contributed by atoms with Crippen molar-refractivity contribution in [1.29, 1.82) is 0 Å². The number of alkyl halides is 1. The second-order valence-corrected chi connectivity index (χ2v) is 3.79. The fraction of sp³-hybridized carbons (Fsp3) is 0.778. The third kappa shape index (κ3) is 0.866. The number of hydrogen-bond acceptors (Lipinski definition) is 2. The molecule has 2 rings (SSSR count). The Morgan fingerprint density at radius 2 is 2.50 bits per heavy atom. The Kier molecular flexibility index (Phi) is 1.73. The molecule has 2 heterocycles. The standard InChI is InChI=1S/C9H14FNO/c1-7-2-3-11-5-8(10)4-9(7,11)6-12/h8,12H,1-6H2/t8-,9+/m1/s1. The highest BCUT2D eigenvalue weighted by atomic mass is 19.1. The van der Waals surface area contributed by atoms with Gasteiger partial charge in [-0.3, -0.25) is 4.90 Å². The molecular weight excluding hydrogens is 157 g/mol. The van der Waals surface area contributed by atoms with E-state index in [2.05, 4.69) is 6.58 Å². The van der Waals surface area contributed by atoms with Gasteiger partial charge in [-0.25, -0.2) is 4.39 Å². The average Bonchev–Trinajstić information content (AvgIpc) is 2.50. The van der Waals surface area contributed by atoms with Crippen molar-refractivity contribution in [3.05, 3.63) is 12.2 Å². The Hall–Kier alpha value is -0.410. The van der Waals surface area contributed by atoms with Gasteiger partial charge in [0.2, 0.25) is 0 Å². The van der Waals surface area contributed by atoms with Crippen LogP contribution >= 0.6 is 0 Å². The van der Waals surface area contributed by atoms with Crippen LogP contribution in [0.2, 0.25) is 0 Å². The van der Waals surface area contributed by atoms with Crippen molar-refractivity contribution in [2.24, 2.45) is 0 Å². The molecule has 0 aromatic rings. The third-order valence-corrected chi connectivity index (χ3v) is 3.19. The number of hydrogen-bond donors (Lipinski definition) is 1. The number of aliphatic hydroxyl groups excluding tert-OH is 1. The molecule has 2 saturated heterocycles. The van der Waals surface area contributed by atoms with Gasteiger partial charge in [0.1, 0.15) is 6.17 Å². The maximum Gasteiger partial charge on any atom is 0.115 e. The first-order chi connectivity index (χ1) is 5.69. The molecule has 0 unspecified atom stereocenters. The number of aliphatic hydroxyl groups is 1. The van der Waals surface area contributed by atoms with E-state index in [4.69, 9.17) is 0 Å². The maximum atomic E-state index is 13.1. The SMILES string of the molecule is C=C1CCN2C[C@H](F)C[C@]12CO. The molecule has 2 aliphatic rings. The van der Waals surface area contributed by atoms with Crippen LogP contribution in [0.3, 0.4) is 0 Å². The van der Waals surface area contributed by atoms with Crippen molar-refractivity contribution >= 4 is 0 Å². The molecule has 0 amide bonds. The van der Waals surface area contributed by atoms with Crippen molar-refractivity contribution in [2.45, 2.75) is 24.6 Å². The van der Waals surface area contributed by atoms with E-state index >= 15 is 0 Å². The van der Waals surface area contributed by atoms with Crippen LogP contribution in [-0.4, -0.2) is 41.4 Å². The van der Waals surface area contributed by atoms with Crippen LogP contribution in [0.4, 0.5) is 4.39 Å². The van der Waals surface area contributed by atoms with Gasteiger partial charge in [0, 0.05) is 19.5 Å². The van der Waals surface area contributed by atoms with E-state index in [1.165, 1.54) is 0 Å². The summed E-state index contributed by atoms with van der Waals surface area (Å²) in [6.07, 6.45) is 0.560. The lowest BCUT2D eigenvalue weighted by Crippen LogP contribution is -2.42. The summed E-state index contributed by atoms with van der Waals surface area (Å²) in [4.78, 5) is 2.03. The van der Waals surface area contributed by atoms with Crippen molar-refractivity contribution in [3.8, 4) is 0 Å². The zero-order chi connectivity index (χ0) is 8.77. The fourth-order valence-electron chi connectivity index (χ4n) is 2.43. The molecule has 0 saturated carbocycles. The van der Waals surface area contributed by atoms with Gasteiger partial charge in [0.15, 0.2) is 0 Å². The smallest absolute Gasteiger partial charge is 0.115 e. The normalized spacial score (nSPS) is 42.2. The van der Waals surface area contributed by atoms with Gasteiger partial charge < -0.3 is 5.11 Å². The number of nitrogens with zero attached hydrogens (tertiary/aromatic N) is 1. The molecule has 68 valence electrons. The predicted molar refractivity (Wildman–Crippen MR) is 44.7 cm³/mol. The van der Waals surface area contributed by atoms with Crippen LogP contribution in [0, 0.1) is 0 Å². The first-order valence-corrected chi connectivity index (χ1v) is 4.37. The van der Waals surface area contributed by atoms with Crippen LogP contribution in [0.5, 0.6) is 0 Å². The summed E-state index contributed by atoms with van der Waals surface area (Å²) >= 11 is 0. The average molecular weight is 171 g/mol. The molecule has 1 N–H and O–H groups in total. The van der Waals surface area contributed by atoms with Gasteiger partial charge in [-0.05, 0) is 6.42 Å². The lowest BCUT2D eigenvalue weighted by atomic mass is 9.90. The largest absolute Gasteiger partial charge is 0.394 e.